The highest BCUT2D eigenvalue weighted by atomic mass is 127. The van der Waals surface area contributed by atoms with Crippen molar-refractivity contribution in [1.29, 1.82) is 0 Å². The molecule has 0 aliphatic heterocycles. The standard InChI is InChI=1S/C13H24BI3O13S/c14-28-12(5(20)3(18)1-26-15)9(24)10(25)13(30-31)8(23)6(21)7(22)11(29-17)4(19)2-27-16/h3-6,8-10,12-13,18-25,31H,1-2,14H2/b11-7-. The van der Waals surface area contributed by atoms with E-state index in [1.165, 1.54) is 69.0 Å². The van der Waals surface area contributed by atoms with E-state index in [4.69, 9.17) is 7.72 Å². The Balaban J connectivity index is 5.63. The second-order valence-electron chi connectivity index (χ2n) is 6.14. The lowest BCUT2D eigenvalue weighted by Crippen LogP contribution is -2.57. The monoisotopic (exact) mass is 812 g/mol. The van der Waals surface area contributed by atoms with E-state index >= 15 is 0 Å². The van der Waals surface area contributed by atoms with Crippen LogP contribution in [0, 0.1) is 0 Å². The van der Waals surface area contributed by atoms with Gasteiger partial charge in [-0.15, -0.1) is 0 Å². The Labute approximate surface area is 226 Å². The molecule has 9 unspecified atom stereocenters. The molecule has 0 radical (unpaired) electrons. The molecular weight excluding hydrogens is 788 g/mol. The van der Waals surface area contributed by atoms with E-state index in [0.717, 1.165) is 8.05 Å². The van der Waals surface area contributed by atoms with Crippen LogP contribution < -0.4 is 0 Å². The smallest absolute Gasteiger partial charge is 0.257 e. The van der Waals surface area contributed by atoms with Crippen molar-refractivity contribution in [3.05, 3.63) is 11.5 Å². The summed E-state index contributed by atoms with van der Waals surface area (Å²) in [6.07, 6.45) is -16.4. The Morgan fingerprint density at radius 1 is 0.806 bits per heavy atom. The van der Waals surface area contributed by atoms with Gasteiger partial charge in [-0.25, -0.2) is 0 Å². The molecule has 8 N–H and O–H groups in total. The molecule has 0 rings (SSSR count). The Bertz CT molecular complexity index is 539. The summed E-state index contributed by atoms with van der Waals surface area (Å²) in [5.74, 6) is -1.54. The summed E-state index contributed by atoms with van der Waals surface area (Å²) in [7, 11) is 1.08. The SMILES string of the molecule is BOC(C(O)C(O)COI)C(O)C(O)C(OS)C(O)C(O)/C(O)=C(/OI)C(O)COI. The molecule has 0 fully saturated rings. The zero-order valence-electron chi connectivity index (χ0n) is 15.8. The third kappa shape index (κ3) is 9.58. The van der Waals surface area contributed by atoms with Gasteiger partial charge in [0.2, 0.25) is 0 Å². The number of thiol groups is 1. The van der Waals surface area contributed by atoms with Gasteiger partial charge in [0, 0.05) is 0 Å². The highest BCUT2D eigenvalue weighted by molar-refractivity contribution is 14.1. The summed E-state index contributed by atoms with van der Waals surface area (Å²) >= 11 is 7.78. The fourth-order valence-corrected chi connectivity index (χ4v) is 3.94. The average molecular weight is 812 g/mol. The molecule has 18 heteroatoms. The normalized spacial score (nSPS) is 21.8. The van der Waals surface area contributed by atoms with Gasteiger partial charge in [0.05, 0.1) is 19.3 Å². The first-order valence-corrected chi connectivity index (χ1v) is 11.3. The van der Waals surface area contributed by atoms with Gasteiger partial charge in [0.25, 0.3) is 8.05 Å². The predicted octanol–water partition coefficient (Wildman–Crippen LogP) is -2.45. The van der Waals surface area contributed by atoms with E-state index in [1.54, 1.807) is 0 Å². The van der Waals surface area contributed by atoms with Crippen LogP contribution in [0.5, 0.6) is 0 Å². The van der Waals surface area contributed by atoms with E-state index in [0.29, 0.717) is 0 Å². The van der Waals surface area contributed by atoms with Gasteiger partial charge in [-0.2, -0.15) is 0 Å². The Hall–Kier alpha value is 1.50. The Morgan fingerprint density at radius 2 is 1.32 bits per heavy atom. The topological polar surface area (TPSA) is 208 Å². The Kier molecular flexibility index (Phi) is 17.8. The molecule has 0 spiro atoms. The fraction of sp³-hybridized carbons (Fsp3) is 0.846. The van der Waals surface area contributed by atoms with Gasteiger partial charge in [0.1, 0.15) is 94.8 Å². The lowest BCUT2D eigenvalue weighted by molar-refractivity contribution is -0.162. The van der Waals surface area contributed by atoms with Crippen molar-refractivity contribution in [2.75, 3.05) is 13.2 Å². The average Bonchev–Trinajstić information content (AvgIpc) is 2.74. The lowest BCUT2D eigenvalue weighted by atomic mass is 9.91. The number of hydrogen-bond donors (Lipinski definition) is 9. The van der Waals surface area contributed by atoms with Crippen molar-refractivity contribution >= 4 is 90.0 Å². The summed E-state index contributed by atoms with van der Waals surface area (Å²) in [6, 6.07) is 0. The third-order valence-electron chi connectivity index (χ3n) is 4.18. The highest BCUT2D eigenvalue weighted by Crippen LogP contribution is 2.24. The van der Waals surface area contributed by atoms with E-state index < -0.39 is 66.5 Å². The summed E-state index contributed by atoms with van der Waals surface area (Å²) in [5.41, 5.74) is 0. The molecule has 0 aromatic rings. The second kappa shape index (κ2) is 17.0. The molecule has 0 bridgehead atoms. The molecule has 0 saturated carbocycles. The van der Waals surface area contributed by atoms with Crippen LogP contribution in [0.3, 0.4) is 0 Å². The van der Waals surface area contributed by atoms with Crippen LogP contribution in [-0.4, -0.2) is 117 Å². The number of rotatable bonds is 16. The van der Waals surface area contributed by atoms with Crippen molar-refractivity contribution in [1.82, 2.24) is 0 Å². The quantitative estimate of drug-likeness (QED) is 0.0261. The number of aliphatic hydroxyl groups is 8. The van der Waals surface area contributed by atoms with Crippen LogP contribution in [-0.2, 0) is 18.0 Å². The molecule has 0 saturated heterocycles. The molecule has 9 atom stereocenters. The van der Waals surface area contributed by atoms with Crippen molar-refractivity contribution < 1.29 is 58.9 Å². The minimum absolute atomic E-state index is 0.320. The Morgan fingerprint density at radius 3 is 1.74 bits per heavy atom. The maximum atomic E-state index is 10.4. The minimum Gasteiger partial charge on any atom is -0.506 e. The van der Waals surface area contributed by atoms with Gasteiger partial charge < -0.3 is 58.9 Å². The van der Waals surface area contributed by atoms with Crippen LogP contribution >= 0.6 is 81.9 Å². The molecule has 13 nitrogen and oxygen atoms in total. The molecule has 0 heterocycles. The molecule has 0 aliphatic carbocycles. The van der Waals surface area contributed by atoms with Crippen LogP contribution in [0.1, 0.15) is 0 Å². The second-order valence-corrected chi connectivity index (χ2v) is 8.04. The first-order chi connectivity index (χ1) is 14.5. The zero-order chi connectivity index (χ0) is 24.3. The maximum absolute atomic E-state index is 10.4. The highest BCUT2D eigenvalue weighted by Gasteiger charge is 2.44. The molecule has 0 aromatic carbocycles. The first-order valence-electron chi connectivity index (χ1n) is 8.31. The largest absolute Gasteiger partial charge is 0.506 e. The lowest BCUT2D eigenvalue weighted by Gasteiger charge is -2.36. The van der Waals surface area contributed by atoms with Gasteiger partial charge in [-0.1, -0.05) is 0 Å². The number of halogens is 3. The van der Waals surface area contributed by atoms with Crippen molar-refractivity contribution in [3.8, 4) is 0 Å². The van der Waals surface area contributed by atoms with Gasteiger partial charge in [0.15, 0.2) is 34.5 Å². The van der Waals surface area contributed by atoms with Crippen LogP contribution in [0.25, 0.3) is 0 Å². The maximum Gasteiger partial charge on any atom is 0.257 e. The van der Waals surface area contributed by atoms with Crippen LogP contribution in [0.4, 0.5) is 0 Å². The van der Waals surface area contributed by atoms with Crippen molar-refractivity contribution in [2.45, 2.75) is 54.9 Å². The fourth-order valence-electron chi connectivity index (χ4n) is 2.46. The summed E-state index contributed by atoms with van der Waals surface area (Å²) in [4.78, 5) is 0. The van der Waals surface area contributed by atoms with Gasteiger partial charge in [-0.05, 0) is 12.9 Å². The molecule has 0 aromatic heterocycles. The van der Waals surface area contributed by atoms with Crippen molar-refractivity contribution in [3.63, 3.8) is 0 Å². The molecule has 0 aliphatic rings. The predicted molar refractivity (Wildman–Crippen MR) is 134 cm³/mol. The van der Waals surface area contributed by atoms with Crippen LogP contribution in [0.2, 0.25) is 0 Å². The van der Waals surface area contributed by atoms with E-state index in [9.17, 15) is 40.9 Å². The van der Waals surface area contributed by atoms with Crippen LogP contribution in [0.15, 0.2) is 11.5 Å². The first kappa shape index (κ1) is 32.5. The van der Waals surface area contributed by atoms with Gasteiger partial charge >= 0.3 is 0 Å². The minimum atomic E-state index is -2.17. The molecule has 0 amide bonds. The van der Waals surface area contributed by atoms with E-state index in [1.807, 2.05) is 0 Å². The number of aliphatic hydroxyl groups excluding tert-OH is 8. The molecular formula is C13H24BI3O13S. The molecule has 31 heavy (non-hydrogen) atoms. The number of hydrogen-bond acceptors (Lipinski definition) is 14. The molecule has 184 valence electrons. The van der Waals surface area contributed by atoms with E-state index in [-0.39, 0.29) is 13.2 Å². The van der Waals surface area contributed by atoms with Gasteiger partial charge in [-0.3, -0.25) is 0 Å². The summed E-state index contributed by atoms with van der Waals surface area (Å²) in [6.45, 7) is -0.643. The van der Waals surface area contributed by atoms with E-state index in [2.05, 4.69) is 23.2 Å². The summed E-state index contributed by atoms with van der Waals surface area (Å²) < 4.78 is 23.7. The third-order valence-corrected chi connectivity index (χ3v) is 5.62. The van der Waals surface area contributed by atoms with Crippen molar-refractivity contribution in [2.24, 2.45) is 0 Å². The zero-order valence-corrected chi connectivity index (χ0v) is 23.2. The summed E-state index contributed by atoms with van der Waals surface area (Å²) in [5, 5.41) is 81.5.